The third-order valence-electron chi connectivity index (χ3n) is 6.37. The van der Waals surface area contributed by atoms with Gasteiger partial charge in [-0.3, -0.25) is 4.79 Å². The number of hydrogen-bond donors (Lipinski definition) is 2. The molecule has 3 fully saturated rings. The molecule has 154 valence electrons. The number of halogens is 1. The van der Waals surface area contributed by atoms with E-state index < -0.39 is 0 Å². The van der Waals surface area contributed by atoms with Gasteiger partial charge in [-0.15, -0.1) is 11.6 Å². The summed E-state index contributed by atoms with van der Waals surface area (Å²) in [6.45, 7) is 1.26. The number of ether oxygens (including phenoxy) is 1. The SMILES string of the molecule is COC1CCC(NC(=O)C2CCCN(C(=O)NC3CCCCC3)C2)CC1Cl. The molecule has 0 aromatic rings. The molecule has 3 rings (SSSR count). The smallest absolute Gasteiger partial charge is 0.317 e. The van der Waals surface area contributed by atoms with Crippen LogP contribution in [0.3, 0.4) is 0 Å². The van der Waals surface area contributed by atoms with Crippen LogP contribution in [0.2, 0.25) is 0 Å². The summed E-state index contributed by atoms with van der Waals surface area (Å²) in [7, 11) is 1.69. The molecule has 4 unspecified atom stereocenters. The summed E-state index contributed by atoms with van der Waals surface area (Å²) in [5.74, 6) is -0.0559. The molecule has 2 saturated carbocycles. The Bertz CT molecular complexity index is 513. The van der Waals surface area contributed by atoms with Crippen LogP contribution in [0.25, 0.3) is 0 Å². The van der Waals surface area contributed by atoms with Crippen LogP contribution in [0.5, 0.6) is 0 Å². The maximum atomic E-state index is 12.7. The molecule has 2 N–H and O–H groups in total. The Morgan fingerprint density at radius 3 is 2.44 bits per heavy atom. The van der Waals surface area contributed by atoms with E-state index in [1.165, 1.54) is 19.3 Å². The summed E-state index contributed by atoms with van der Waals surface area (Å²) in [4.78, 5) is 27.2. The lowest BCUT2D eigenvalue weighted by molar-refractivity contribution is -0.127. The van der Waals surface area contributed by atoms with Crippen molar-refractivity contribution in [2.75, 3.05) is 20.2 Å². The molecule has 0 radical (unpaired) electrons. The van der Waals surface area contributed by atoms with Gasteiger partial charge in [0.2, 0.25) is 5.91 Å². The van der Waals surface area contributed by atoms with Crippen LogP contribution in [0.1, 0.15) is 64.2 Å². The summed E-state index contributed by atoms with van der Waals surface area (Å²) < 4.78 is 5.38. The first-order valence-corrected chi connectivity index (χ1v) is 11.0. The van der Waals surface area contributed by atoms with Crippen molar-refractivity contribution in [3.8, 4) is 0 Å². The van der Waals surface area contributed by atoms with Gasteiger partial charge in [-0.1, -0.05) is 19.3 Å². The molecule has 3 aliphatic rings. The van der Waals surface area contributed by atoms with Crippen molar-refractivity contribution in [3.05, 3.63) is 0 Å². The van der Waals surface area contributed by atoms with Crippen molar-refractivity contribution in [1.82, 2.24) is 15.5 Å². The second kappa shape index (κ2) is 9.97. The summed E-state index contributed by atoms with van der Waals surface area (Å²) in [5.41, 5.74) is 0. The van der Waals surface area contributed by atoms with Crippen LogP contribution in [-0.2, 0) is 9.53 Å². The monoisotopic (exact) mass is 399 g/mol. The van der Waals surface area contributed by atoms with Crippen LogP contribution in [0, 0.1) is 5.92 Å². The van der Waals surface area contributed by atoms with Gasteiger partial charge in [0, 0.05) is 32.3 Å². The Morgan fingerprint density at radius 1 is 0.963 bits per heavy atom. The second-order valence-electron chi connectivity index (χ2n) is 8.38. The minimum atomic E-state index is -0.121. The molecule has 6 nitrogen and oxygen atoms in total. The van der Waals surface area contributed by atoms with E-state index >= 15 is 0 Å². The predicted octanol–water partition coefficient (Wildman–Crippen LogP) is 3.03. The lowest BCUT2D eigenvalue weighted by Gasteiger charge is -2.36. The molecule has 1 heterocycles. The largest absolute Gasteiger partial charge is 0.380 e. The number of amides is 3. The maximum absolute atomic E-state index is 12.7. The molecule has 3 amide bonds. The Morgan fingerprint density at radius 2 is 1.74 bits per heavy atom. The molecular formula is C20H34ClN3O3. The van der Waals surface area contributed by atoms with Crippen LogP contribution >= 0.6 is 11.6 Å². The van der Waals surface area contributed by atoms with E-state index in [2.05, 4.69) is 10.6 Å². The van der Waals surface area contributed by atoms with E-state index in [1.807, 2.05) is 4.90 Å². The molecule has 27 heavy (non-hydrogen) atoms. The molecule has 4 atom stereocenters. The van der Waals surface area contributed by atoms with E-state index in [-0.39, 0.29) is 35.4 Å². The highest BCUT2D eigenvalue weighted by Gasteiger charge is 2.33. The normalized spacial score (nSPS) is 32.7. The number of alkyl halides is 1. The van der Waals surface area contributed by atoms with Gasteiger partial charge in [-0.25, -0.2) is 4.79 Å². The Kier molecular flexibility index (Phi) is 7.65. The number of nitrogens with one attached hydrogen (secondary N) is 2. The first-order valence-electron chi connectivity index (χ1n) is 10.6. The van der Waals surface area contributed by atoms with E-state index in [4.69, 9.17) is 16.3 Å². The zero-order valence-corrected chi connectivity index (χ0v) is 17.2. The number of carbonyl (C=O) groups excluding carboxylic acids is 2. The Labute approximate surface area is 167 Å². The first kappa shape index (κ1) is 20.7. The lowest BCUT2D eigenvalue weighted by atomic mass is 9.91. The fraction of sp³-hybridized carbons (Fsp3) is 0.900. The van der Waals surface area contributed by atoms with Crippen molar-refractivity contribution < 1.29 is 14.3 Å². The minimum Gasteiger partial charge on any atom is -0.380 e. The predicted molar refractivity (Wildman–Crippen MR) is 106 cm³/mol. The molecule has 7 heteroatoms. The molecule has 0 aromatic carbocycles. The molecule has 0 bridgehead atoms. The zero-order chi connectivity index (χ0) is 19.2. The summed E-state index contributed by atoms with van der Waals surface area (Å²) >= 11 is 6.37. The molecule has 0 aromatic heterocycles. The van der Waals surface area contributed by atoms with Crippen molar-refractivity contribution >= 4 is 23.5 Å². The quantitative estimate of drug-likeness (QED) is 0.714. The van der Waals surface area contributed by atoms with Gasteiger partial charge >= 0.3 is 6.03 Å². The van der Waals surface area contributed by atoms with Crippen LogP contribution < -0.4 is 10.6 Å². The summed E-state index contributed by atoms with van der Waals surface area (Å²) in [5, 5.41) is 6.28. The van der Waals surface area contributed by atoms with Gasteiger partial charge in [0.25, 0.3) is 0 Å². The summed E-state index contributed by atoms with van der Waals surface area (Å²) in [6, 6.07) is 0.413. The maximum Gasteiger partial charge on any atom is 0.317 e. The third kappa shape index (κ3) is 5.74. The number of methoxy groups -OCH3 is 1. The highest BCUT2D eigenvalue weighted by Crippen LogP contribution is 2.26. The van der Waals surface area contributed by atoms with Gasteiger partial charge < -0.3 is 20.3 Å². The van der Waals surface area contributed by atoms with Gasteiger partial charge in [-0.05, 0) is 44.9 Å². The van der Waals surface area contributed by atoms with Crippen LogP contribution in [0.15, 0.2) is 0 Å². The van der Waals surface area contributed by atoms with Gasteiger partial charge in [0.15, 0.2) is 0 Å². The molecule has 2 aliphatic carbocycles. The number of nitrogens with zero attached hydrogens (tertiary/aromatic N) is 1. The standard InChI is InChI=1S/C20H34ClN3O3/c1-27-18-10-9-16(12-17(18)21)22-19(25)14-6-5-11-24(13-14)20(26)23-15-7-3-2-4-8-15/h14-18H,2-13H2,1H3,(H,22,25)(H,23,26). The average molecular weight is 400 g/mol. The van der Waals surface area contributed by atoms with E-state index in [9.17, 15) is 9.59 Å². The van der Waals surface area contributed by atoms with Crippen molar-refractivity contribution in [3.63, 3.8) is 0 Å². The number of carbonyl (C=O) groups is 2. The fourth-order valence-electron chi connectivity index (χ4n) is 4.69. The molecular weight excluding hydrogens is 366 g/mol. The Hall–Kier alpha value is -1.01. The van der Waals surface area contributed by atoms with Crippen LogP contribution in [0.4, 0.5) is 4.79 Å². The fourth-order valence-corrected chi connectivity index (χ4v) is 5.14. The summed E-state index contributed by atoms with van der Waals surface area (Å²) in [6.07, 6.45) is 10.1. The number of rotatable bonds is 4. The topological polar surface area (TPSA) is 70.7 Å². The average Bonchev–Trinajstić information content (AvgIpc) is 2.69. The van der Waals surface area contributed by atoms with Gasteiger partial charge in [0.05, 0.1) is 17.4 Å². The molecule has 0 spiro atoms. The third-order valence-corrected chi connectivity index (χ3v) is 6.83. The number of urea groups is 1. The van der Waals surface area contributed by atoms with Gasteiger partial charge in [0.1, 0.15) is 0 Å². The highest BCUT2D eigenvalue weighted by molar-refractivity contribution is 6.21. The van der Waals surface area contributed by atoms with E-state index in [0.29, 0.717) is 12.6 Å². The van der Waals surface area contributed by atoms with Crippen molar-refractivity contribution in [2.45, 2.75) is 87.8 Å². The minimum absolute atomic E-state index is 0.000764. The number of piperidine rings is 1. The highest BCUT2D eigenvalue weighted by atomic mass is 35.5. The molecule has 1 saturated heterocycles. The van der Waals surface area contributed by atoms with Crippen LogP contribution in [-0.4, -0.2) is 60.6 Å². The number of likely N-dealkylation sites (tertiary alicyclic amines) is 1. The van der Waals surface area contributed by atoms with Gasteiger partial charge in [-0.2, -0.15) is 0 Å². The second-order valence-corrected chi connectivity index (χ2v) is 8.94. The van der Waals surface area contributed by atoms with Crippen molar-refractivity contribution in [1.29, 1.82) is 0 Å². The molecule has 1 aliphatic heterocycles. The van der Waals surface area contributed by atoms with E-state index in [1.54, 1.807) is 7.11 Å². The number of hydrogen-bond acceptors (Lipinski definition) is 3. The van der Waals surface area contributed by atoms with Crippen molar-refractivity contribution in [2.24, 2.45) is 5.92 Å². The first-order chi connectivity index (χ1) is 13.1. The lowest BCUT2D eigenvalue weighted by Crippen LogP contribution is -2.52. The van der Waals surface area contributed by atoms with E-state index in [0.717, 1.165) is 51.5 Å². The Balaban J connectivity index is 1.45. The zero-order valence-electron chi connectivity index (χ0n) is 16.4.